The van der Waals surface area contributed by atoms with Crippen LogP contribution in [0.5, 0.6) is 0 Å². The molecule has 6 nitrogen and oxygen atoms in total. The number of carbonyl (C=O) groups is 2. The van der Waals surface area contributed by atoms with Gasteiger partial charge in [-0.25, -0.2) is 0 Å². The maximum atomic E-state index is 11.0. The van der Waals surface area contributed by atoms with E-state index in [1.54, 1.807) is 0 Å². The van der Waals surface area contributed by atoms with Crippen molar-refractivity contribution in [2.45, 2.75) is 25.3 Å². The molecule has 0 fully saturated rings. The number of hydrogen-bond donors (Lipinski definition) is 4. The normalized spacial score (nSPS) is 13.1. The maximum Gasteiger partial charge on any atom is 0.320 e. The molecule has 0 bridgehead atoms. The molecule has 0 aliphatic carbocycles. The standard InChI is InChI=1S/C8H16N2O4/c9-4-2-1-3-6(8(13)14)10-5-7(11)12/h6,10H,1-5,9H2,(H,11,12)(H,13,14)/t6-/m0/s1/i/hD. The van der Waals surface area contributed by atoms with Gasteiger partial charge >= 0.3 is 11.9 Å². The topological polar surface area (TPSA) is 113 Å². The highest BCUT2D eigenvalue weighted by atomic mass is 16.4. The van der Waals surface area contributed by atoms with Crippen molar-refractivity contribution in [1.82, 2.24) is 5.32 Å². The molecule has 0 aromatic rings. The quantitative estimate of drug-likeness (QED) is 0.387. The molecule has 0 unspecified atom stereocenters. The van der Waals surface area contributed by atoms with E-state index < -0.39 is 18.0 Å². The first kappa shape index (κ1) is 10.9. The highest BCUT2D eigenvalue weighted by molar-refractivity contribution is 5.75. The van der Waals surface area contributed by atoms with E-state index >= 15 is 0 Å². The van der Waals surface area contributed by atoms with E-state index in [1.165, 1.54) is 0 Å². The fraction of sp³-hybridized carbons (Fsp3) is 0.750. The minimum atomic E-state index is -1.06. The SMILES string of the molecule is [2H]OC(=O)[C@H](CCCCN)NCC(=O)O. The van der Waals surface area contributed by atoms with Crippen LogP contribution in [0, 0.1) is 0 Å². The Hall–Kier alpha value is -1.14. The lowest BCUT2D eigenvalue weighted by atomic mass is 10.1. The molecule has 0 aromatic heterocycles. The molecule has 0 amide bonds. The van der Waals surface area contributed by atoms with Gasteiger partial charge in [0.1, 0.15) is 6.04 Å². The van der Waals surface area contributed by atoms with E-state index in [0.717, 1.165) is 6.42 Å². The van der Waals surface area contributed by atoms with Gasteiger partial charge in [0, 0.05) is 0 Å². The van der Waals surface area contributed by atoms with Crippen molar-refractivity contribution in [2.75, 3.05) is 13.1 Å². The summed E-state index contributed by atoms with van der Waals surface area (Å²) in [5.41, 5.74) is 5.28. The minimum absolute atomic E-state index is 0.331. The van der Waals surface area contributed by atoms with Gasteiger partial charge in [-0.15, -0.1) is 0 Å². The third-order valence-electron chi connectivity index (χ3n) is 1.73. The third-order valence-corrected chi connectivity index (χ3v) is 1.73. The van der Waals surface area contributed by atoms with Gasteiger partial charge in [0.25, 0.3) is 1.43 Å². The highest BCUT2D eigenvalue weighted by Crippen LogP contribution is 2.00. The minimum Gasteiger partial charge on any atom is -0.480 e. The van der Waals surface area contributed by atoms with Gasteiger partial charge in [0.15, 0.2) is 0 Å². The van der Waals surface area contributed by atoms with Gasteiger partial charge in [-0.1, -0.05) is 6.42 Å². The molecule has 0 radical (unpaired) electrons. The van der Waals surface area contributed by atoms with Crippen LogP contribution in [0.3, 0.4) is 0 Å². The number of aliphatic carboxylic acids is 2. The number of nitrogens with two attached hydrogens (primary N) is 1. The summed E-state index contributed by atoms with van der Waals surface area (Å²) < 4.78 is 6.44. The van der Waals surface area contributed by atoms with Gasteiger partial charge in [-0.3, -0.25) is 14.9 Å². The predicted molar refractivity (Wildman–Crippen MR) is 50.0 cm³/mol. The van der Waals surface area contributed by atoms with Crippen LogP contribution < -0.4 is 11.1 Å². The van der Waals surface area contributed by atoms with Crippen molar-refractivity contribution in [3.05, 3.63) is 0 Å². The molecule has 0 saturated heterocycles. The number of unbranched alkanes of at least 4 members (excludes halogenated alkanes) is 1. The van der Waals surface area contributed by atoms with Gasteiger partial charge in [-0.05, 0) is 19.4 Å². The molecule has 82 valence electrons. The van der Waals surface area contributed by atoms with Crippen molar-refractivity contribution < 1.29 is 19.8 Å². The lowest BCUT2D eigenvalue weighted by Crippen LogP contribution is -2.39. The Balaban J connectivity index is 3.95. The zero-order chi connectivity index (χ0) is 11.7. The van der Waals surface area contributed by atoms with Crippen molar-refractivity contribution in [3.63, 3.8) is 0 Å². The van der Waals surface area contributed by atoms with Crippen LogP contribution in [0.2, 0.25) is 0 Å². The summed E-state index contributed by atoms with van der Waals surface area (Å²) in [5, 5.41) is 14.7. The Kier molecular flexibility index (Phi) is 5.69. The predicted octanol–water partition coefficient (Wildman–Crippen LogP) is -0.757. The average molecular weight is 205 g/mol. The summed E-state index contributed by atoms with van der Waals surface area (Å²) in [6.45, 7) is 0.184. The molecule has 0 saturated carbocycles. The second-order valence-corrected chi connectivity index (χ2v) is 2.93. The Morgan fingerprint density at radius 1 is 1.50 bits per heavy atom. The lowest BCUT2D eigenvalue weighted by Gasteiger charge is -2.12. The molecule has 14 heavy (non-hydrogen) atoms. The van der Waals surface area contributed by atoms with E-state index in [4.69, 9.17) is 12.3 Å². The van der Waals surface area contributed by atoms with Crippen LogP contribution in [0.1, 0.15) is 19.3 Å². The maximum absolute atomic E-state index is 11.0. The van der Waals surface area contributed by atoms with Crippen LogP contribution in [0.4, 0.5) is 0 Å². The van der Waals surface area contributed by atoms with Crippen LogP contribution in [-0.2, 0) is 9.59 Å². The van der Waals surface area contributed by atoms with E-state index in [2.05, 4.69) is 10.4 Å². The third kappa shape index (κ3) is 6.38. The summed E-state index contributed by atoms with van der Waals surface area (Å²) in [5.74, 6) is -1.83. The zero-order valence-corrected chi connectivity index (χ0v) is 7.86. The molecule has 0 rings (SSSR count). The van der Waals surface area contributed by atoms with E-state index in [1.807, 2.05) is 0 Å². The molecule has 6 heteroatoms. The monoisotopic (exact) mass is 205 g/mol. The Morgan fingerprint density at radius 2 is 2.21 bits per heavy atom. The van der Waals surface area contributed by atoms with Crippen molar-refractivity contribution >= 4 is 11.9 Å². The molecule has 0 spiro atoms. The second-order valence-electron chi connectivity index (χ2n) is 2.93. The smallest absolute Gasteiger partial charge is 0.320 e. The van der Waals surface area contributed by atoms with Crippen LogP contribution in [0.25, 0.3) is 1.43 Å². The molecule has 0 heterocycles. The van der Waals surface area contributed by atoms with Crippen LogP contribution >= 0.6 is 0 Å². The van der Waals surface area contributed by atoms with Crippen molar-refractivity contribution in [1.29, 1.82) is 1.43 Å². The highest BCUT2D eigenvalue weighted by Gasteiger charge is 2.16. The van der Waals surface area contributed by atoms with Gasteiger partial charge in [0.2, 0.25) is 0 Å². The van der Waals surface area contributed by atoms with Gasteiger partial charge < -0.3 is 15.9 Å². The summed E-state index contributed by atoms with van der Waals surface area (Å²) >= 11 is 0. The summed E-state index contributed by atoms with van der Waals surface area (Å²) in [4.78, 5) is 21.3. The van der Waals surface area contributed by atoms with E-state index in [9.17, 15) is 9.59 Å². The molecular weight excluding hydrogens is 188 g/mol. The first-order valence-electron chi connectivity index (χ1n) is 4.85. The summed E-state index contributed by atoms with van der Waals surface area (Å²) in [6.07, 6.45) is 1.85. The molecular formula is C8H16N2O4. The lowest BCUT2D eigenvalue weighted by molar-refractivity contribution is -0.140. The molecule has 5 N–H and O–H groups in total. The Labute approximate surface area is 83.6 Å². The van der Waals surface area contributed by atoms with E-state index in [0.29, 0.717) is 19.4 Å². The number of nitrogens with one attached hydrogen (secondary N) is 1. The van der Waals surface area contributed by atoms with E-state index in [-0.39, 0.29) is 6.54 Å². The van der Waals surface area contributed by atoms with Gasteiger partial charge in [-0.2, -0.15) is 0 Å². The molecule has 0 aliphatic rings. The van der Waals surface area contributed by atoms with Crippen LogP contribution in [0.15, 0.2) is 0 Å². The number of hydrogen-bond acceptors (Lipinski definition) is 5. The number of carboxylic acids is 2. The molecule has 0 aliphatic heterocycles. The summed E-state index contributed by atoms with van der Waals surface area (Å²) in [6, 6.07) is -0.745. The number of carboxylic acid groups (broad SMARTS) is 2. The Bertz CT molecular complexity index is 213. The fourth-order valence-corrected chi connectivity index (χ4v) is 1.01. The molecule has 0 aromatic carbocycles. The fourth-order valence-electron chi connectivity index (χ4n) is 1.01. The van der Waals surface area contributed by atoms with Crippen molar-refractivity contribution in [3.8, 4) is 0 Å². The number of rotatable bonds is 8. The largest absolute Gasteiger partial charge is 0.480 e. The van der Waals surface area contributed by atoms with Crippen LogP contribution in [-0.4, -0.2) is 41.3 Å². The zero-order valence-electron chi connectivity index (χ0n) is 8.86. The molecule has 1 atom stereocenters. The first-order valence-corrected chi connectivity index (χ1v) is 4.44. The average Bonchev–Trinajstić information content (AvgIpc) is 2.21. The first-order chi connectivity index (χ1) is 7.11. The second kappa shape index (κ2) is 7.28. The van der Waals surface area contributed by atoms with Crippen molar-refractivity contribution in [2.24, 2.45) is 5.73 Å². The van der Waals surface area contributed by atoms with Gasteiger partial charge in [0.05, 0.1) is 6.54 Å². The summed E-state index contributed by atoms with van der Waals surface area (Å²) in [7, 11) is 0. The Morgan fingerprint density at radius 3 is 2.71 bits per heavy atom.